The molecule has 0 aliphatic rings. The molecule has 0 aromatic rings. The Labute approximate surface area is 44.4 Å². The van der Waals surface area contributed by atoms with Crippen molar-refractivity contribution in [1.82, 2.24) is 0 Å². The zero-order chi connectivity index (χ0) is 6.12. The molecule has 0 rings (SSSR count). The average Bonchev–Trinajstić information content (AvgIpc) is 1.69. The molecule has 0 saturated carbocycles. The smallest absolute Gasteiger partial charge is 0.0824 e. The SMILES string of the molecule is C=CC.CC=CF. The monoisotopic (exact) mass is 102 g/mol. The molecule has 0 aromatic carbocycles. The molecule has 1 heteroatoms. The van der Waals surface area contributed by atoms with Crippen molar-refractivity contribution in [1.29, 1.82) is 0 Å². The molecule has 0 heterocycles. The van der Waals surface area contributed by atoms with Gasteiger partial charge in [0, 0.05) is 0 Å². The maximum absolute atomic E-state index is 10.5. The second-order valence-electron chi connectivity index (χ2n) is 0.868. The van der Waals surface area contributed by atoms with Gasteiger partial charge in [0.15, 0.2) is 0 Å². The third-order valence-electron chi connectivity index (χ3n) is 0.126. The first-order chi connectivity index (χ1) is 3.33. The van der Waals surface area contributed by atoms with Crippen molar-refractivity contribution in [2.75, 3.05) is 0 Å². The lowest BCUT2D eigenvalue weighted by Crippen LogP contribution is -1.22. The van der Waals surface area contributed by atoms with Gasteiger partial charge in [-0.25, -0.2) is 4.39 Å². The second-order valence-corrected chi connectivity index (χ2v) is 0.868. The fraction of sp³-hybridized carbons (Fsp3) is 0.333. The summed E-state index contributed by atoms with van der Waals surface area (Å²) in [6, 6.07) is 0. The van der Waals surface area contributed by atoms with Crippen LogP contribution in [0.2, 0.25) is 0 Å². The lowest BCUT2D eigenvalue weighted by Gasteiger charge is -1.45. The summed E-state index contributed by atoms with van der Waals surface area (Å²) in [6.07, 6.45) is 3.58. The second kappa shape index (κ2) is 18.1. The summed E-state index contributed by atoms with van der Waals surface area (Å²) in [7, 11) is 0. The topological polar surface area (TPSA) is 0 Å². The Hall–Kier alpha value is -0.590. The largest absolute Gasteiger partial charge is 0.216 e. The molecular weight excluding hydrogens is 91.1 g/mol. The van der Waals surface area contributed by atoms with Gasteiger partial charge in [-0.15, -0.1) is 6.58 Å². The van der Waals surface area contributed by atoms with Crippen molar-refractivity contribution in [2.45, 2.75) is 13.8 Å². The van der Waals surface area contributed by atoms with Gasteiger partial charge in [-0.1, -0.05) is 12.2 Å². The van der Waals surface area contributed by atoms with E-state index < -0.39 is 0 Å². The normalized spacial score (nSPS) is 7.29. The predicted octanol–water partition coefficient (Wildman–Crippen LogP) is 2.68. The van der Waals surface area contributed by atoms with Crippen molar-refractivity contribution >= 4 is 0 Å². The van der Waals surface area contributed by atoms with Gasteiger partial charge in [-0.3, -0.25) is 0 Å². The molecule has 0 atom stereocenters. The molecule has 0 amide bonds. The van der Waals surface area contributed by atoms with E-state index in [9.17, 15) is 4.39 Å². The molecule has 0 unspecified atom stereocenters. The van der Waals surface area contributed by atoms with Crippen LogP contribution in [0.4, 0.5) is 4.39 Å². The molecule has 0 aliphatic carbocycles. The van der Waals surface area contributed by atoms with Crippen LogP contribution in [0, 0.1) is 0 Å². The van der Waals surface area contributed by atoms with E-state index in [-0.39, 0.29) is 0 Å². The Balaban J connectivity index is 0. The minimum atomic E-state index is 0.500. The van der Waals surface area contributed by atoms with Crippen LogP contribution in [0.3, 0.4) is 0 Å². The maximum Gasteiger partial charge on any atom is 0.0824 e. The van der Waals surface area contributed by atoms with Crippen LogP contribution in [0.1, 0.15) is 13.8 Å². The minimum absolute atomic E-state index is 0.500. The quantitative estimate of drug-likeness (QED) is 0.412. The fourth-order valence-electron chi connectivity index (χ4n) is 0. The van der Waals surface area contributed by atoms with E-state index in [0.29, 0.717) is 6.33 Å². The van der Waals surface area contributed by atoms with Crippen LogP contribution in [0.5, 0.6) is 0 Å². The molecule has 0 radical (unpaired) electrons. The summed E-state index contributed by atoms with van der Waals surface area (Å²) in [6.45, 7) is 6.88. The molecule has 42 valence electrons. The zero-order valence-corrected chi connectivity index (χ0v) is 4.82. The van der Waals surface area contributed by atoms with Crippen LogP contribution in [0.15, 0.2) is 25.1 Å². The third kappa shape index (κ3) is 374. The van der Waals surface area contributed by atoms with E-state index >= 15 is 0 Å². The van der Waals surface area contributed by atoms with Crippen LogP contribution in [-0.4, -0.2) is 0 Å². The van der Waals surface area contributed by atoms with Crippen molar-refractivity contribution in [3.8, 4) is 0 Å². The van der Waals surface area contributed by atoms with Gasteiger partial charge < -0.3 is 0 Å². The Kier molecular flexibility index (Phi) is 25.0. The van der Waals surface area contributed by atoms with Crippen molar-refractivity contribution in [2.24, 2.45) is 0 Å². The van der Waals surface area contributed by atoms with E-state index in [2.05, 4.69) is 6.58 Å². The van der Waals surface area contributed by atoms with E-state index in [1.165, 1.54) is 6.08 Å². The summed E-state index contributed by atoms with van der Waals surface area (Å²) in [5, 5.41) is 0. The Bertz CT molecular complexity index is 42.1. The van der Waals surface area contributed by atoms with E-state index in [1.807, 2.05) is 6.92 Å². The maximum atomic E-state index is 10.5. The molecule has 0 spiro atoms. The zero-order valence-electron chi connectivity index (χ0n) is 4.82. The highest BCUT2D eigenvalue weighted by Crippen LogP contribution is 1.62. The summed E-state index contributed by atoms with van der Waals surface area (Å²) < 4.78 is 10.5. The standard InChI is InChI=1S/C3H5F.C3H6/c1-2-3-4;1-3-2/h2-3H,1H3;3H,1H2,2H3. The van der Waals surface area contributed by atoms with Gasteiger partial charge in [0.2, 0.25) is 0 Å². The predicted molar refractivity (Wildman–Crippen MR) is 31.8 cm³/mol. The first-order valence-corrected chi connectivity index (χ1v) is 2.11. The van der Waals surface area contributed by atoms with Crippen LogP contribution in [0.25, 0.3) is 0 Å². The van der Waals surface area contributed by atoms with Crippen molar-refractivity contribution < 1.29 is 4.39 Å². The molecule has 0 bridgehead atoms. The first kappa shape index (κ1) is 9.65. The van der Waals surface area contributed by atoms with E-state index in [4.69, 9.17) is 0 Å². The fourth-order valence-corrected chi connectivity index (χ4v) is 0. The Morgan fingerprint density at radius 2 is 1.57 bits per heavy atom. The van der Waals surface area contributed by atoms with Crippen LogP contribution >= 0.6 is 0 Å². The number of allylic oxidation sites excluding steroid dienone is 2. The average molecular weight is 102 g/mol. The number of rotatable bonds is 0. The van der Waals surface area contributed by atoms with Crippen molar-refractivity contribution in [3.05, 3.63) is 25.1 Å². The summed E-state index contributed by atoms with van der Waals surface area (Å²) in [5.74, 6) is 0. The van der Waals surface area contributed by atoms with E-state index in [1.54, 1.807) is 13.0 Å². The summed E-state index contributed by atoms with van der Waals surface area (Å²) in [5.41, 5.74) is 0. The van der Waals surface area contributed by atoms with Gasteiger partial charge in [-0.2, -0.15) is 0 Å². The van der Waals surface area contributed by atoms with Crippen molar-refractivity contribution in [3.63, 3.8) is 0 Å². The molecule has 0 N–H and O–H groups in total. The van der Waals surface area contributed by atoms with E-state index in [0.717, 1.165) is 0 Å². The minimum Gasteiger partial charge on any atom is -0.216 e. The molecule has 0 nitrogen and oxygen atoms in total. The molecule has 0 saturated heterocycles. The summed E-state index contributed by atoms with van der Waals surface area (Å²) in [4.78, 5) is 0. The lowest BCUT2D eigenvalue weighted by atomic mass is 10.8. The molecule has 0 aliphatic heterocycles. The molecule has 0 fully saturated rings. The Morgan fingerprint density at radius 1 is 1.43 bits per heavy atom. The molecule has 0 aromatic heterocycles. The van der Waals surface area contributed by atoms with Crippen LogP contribution in [-0.2, 0) is 0 Å². The summed E-state index contributed by atoms with van der Waals surface area (Å²) >= 11 is 0. The Morgan fingerprint density at radius 3 is 1.57 bits per heavy atom. The molecular formula is C6H11F. The third-order valence-corrected chi connectivity index (χ3v) is 0.126. The number of hydrogen-bond donors (Lipinski definition) is 0. The highest BCUT2D eigenvalue weighted by Gasteiger charge is 1.38. The van der Waals surface area contributed by atoms with Gasteiger partial charge in [-0.05, 0) is 13.8 Å². The van der Waals surface area contributed by atoms with Gasteiger partial charge >= 0.3 is 0 Å². The first-order valence-electron chi connectivity index (χ1n) is 2.11. The molecule has 7 heavy (non-hydrogen) atoms. The highest BCUT2D eigenvalue weighted by molar-refractivity contribution is 4.61. The number of halogens is 1. The highest BCUT2D eigenvalue weighted by atomic mass is 19.1. The van der Waals surface area contributed by atoms with Gasteiger partial charge in [0.1, 0.15) is 0 Å². The van der Waals surface area contributed by atoms with Crippen LogP contribution < -0.4 is 0 Å². The number of hydrogen-bond acceptors (Lipinski definition) is 0. The van der Waals surface area contributed by atoms with Gasteiger partial charge in [0.05, 0.1) is 6.33 Å². The van der Waals surface area contributed by atoms with Gasteiger partial charge in [0.25, 0.3) is 0 Å². The lowest BCUT2D eigenvalue weighted by molar-refractivity contribution is 0.719.